The number of sulfonamides is 1. The zero-order valence-corrected chi connectivity index (χ0v) is 10.6. The van der Waals surface area contributed by atoms with Crippen LogP contribution in [0.3, 0.4) is 0 Å². The van der Waals surface area contributed by atoms with Crippen LogP contribution in [0.15, 0.2) is 47.4 Å². The second-order valence-electron chi connectivity index (χ2n) is 3.90. The quantitative estimate of drug-likeness (QED) is 0.747. The first kappa shape index (κ1) is 13.3. The SMILES string of the molecule is Nc1cc(S(N)(=O)=O)ccc1Nc1ccccc1F. The molecule has 0 aromatic heterocycles. The third-order valence-electron chi connectivity index (χ3n) is 2.49. The van der Waals surface area contributed by atoms with Crippen molar-refractivity contribution in [2.24, 2.45) is 5.14 Å². The van der Waals surface area contributed by atoms with Gasteiger partial charge in [-0.15, -0.1) is 0 Å². The molecule has 7 heteroatoms. The third-order valence-corrected chi connectivity index (χ3v) is 3.41. The molecule has 2 aromatic rings. The number of nitrogen functional groups attached to an aromatic ring is 1. The molecule has 19 heavy (non-hydrogen) atoms. The lowest BCUT2D eigenvalue weighted by Crippen LogP contribution is -2.12. The molecule has 0 aliphatic heterocycles. The number of benzene rings is 2. The smallest absolute Gasteiger partial charge is 0.238 e. The monoisotopic (exact) mass is 281 g/mol. The zero-order valence-electron chi connectivity index (χ0n) is 9.80. The van der Waals surface area contributed by atoms with Gasteiger partial charge < -0.3 is 11.1 Å². The molecule has 0 unspecified atom stereocenters. The molecule has 0 saturated heterocycles. The van der Waals surface area contributed by atoms with Crippen LogP contribution in [0.2, 0.25) is 0 Å². The number of nitrogens with one attached hydrogen (secondary N) is 1. The van der Waals surface area contributed by atoms with Gasteiger partial charge in [-0.3, -0.25) is 0 Å². The Morgan fingerprint density at radius 2 is 1.74 bits per heavy atom. The van der Waals surface area contributed by atoms with E-state index >= 15 is 0 Å². The van der Waals surface area contributed by atoms with Gasteiger partial charge in [0.25, 0.3) is 0 Å². The van der Waals surface area contributed by atoms with E-state index in [1.165, 1.54) is 24.3 Å². The molecule has 0 aliphatic carbocycles. The maximum atomic E-state index is 13.5. The number of hydrogen-bond donors (Lipinski definition) is 3. The number of nitrogens with two attached hydrogens (primary N) is 2. The van der Waals surface area contributed by atoms with E-state index in [1.54, 1.807) is 18.2 Å². The predicted octanol–water partition coefficient (Wildman–Crippen LogP) is 1.80. The molecule has 0 atom stereocenters. The van der Waals surface area contributed by atoms with Crippen LogP contribution in [0.4, 0.5) is 21.5 Å². The van der Waals surface area contributed by atoms with Crippen molar-refractivity contribution in [3.63, 3.8) is 0 Å². The molecule has 0 saturated carbocycles. The molecule has 0 amide bonds. The van der Waals surface area contributed by atoms with E-state index < -0.39 is 15.8 Å². The lowest BCUT2D eigenvalue weighted by atomic mass is 10.2. The number of hydrogen-bond acceptors (Lipinski definition) is 4. The van der Waals surface area contributed by atoms with Crippen molar-refractivity contribution in [3.05, 3.63) is 48.3 Å². The maximum Gasteiger partial charge on any atom is 0.238 e. The first-order valence-electron chi connectivity index (χ1n) is 5.32. The van der Waals surface area contributed by atoms with Gasteiger partial charge in [0.15, 0.2) is 0 Å². The highest BCUT2D eigenvalue weighted by molar-refractivity contribution is 7.89. The van der Waals surface area contributed by atoms with Crippen molar-refractivity contribution in [2.75, 3.05) is 11.1 Å². The van der Waals surface area contributed by atoms with Gasteiger partial charge in [-0.1, -0.05) is 12.1 Å². The average molecular weight is 281 g/mol. The second-order valence-corrected chi connectivity index (χ2v) is 5.46. The van der Waals surface area contributed by atoms with Crippen molar-refractivity contribution in [2.45, 2.75) is 4.90 Å². The second kappa shape index (κ2) is 4.87. The van der Waals surface area contributed by atoms with Gasteiger partial charge >= 0.3 is 0 Å². The lowest BCUT2D eigenvalue weighted by Gasteiger charge is -2.11. The Morgan fingerprint density at radius 3 is 2.32 bits per heavy atom. The van der Waals surface area contributed by atoms with Gasteiger partial charge in [0.2, 0.25) is 10.0 Å². The van der Waals surface area contributed by atoms with E-state index in [0.29, 0.717) is 5.69 Å². The predicted molar refractivity (Wildman–Crippen MR) is 71.9 cm³/mol. The Morgan fingerprint density at radius 1 is 1.05 bits per heavy atom. The molecule has 0 aliphatic rings. The summed E-state index contributed by atoms with van der Waals surface area (Å²) in [7, 11) is -3.80. The summed E-state index contributed by atoms with van der Waals surface area (Å²) in [6.45, 7) is 0. The summed E-state index contributed by atoms with van der Waals surface area (Å²) in [6, 6.07) is 10.0. The molecule has 5 N–H and O–H groups in total. The molecular formula is C12H12FN3O2S. The first-order valence-corrected chi connectivity index (χ1v) is 6.86. The van der Waals surface area contributed by atoms with Gasteiger partial charge in [0.1, 0.15) is 5.82 Å². The highest BCUT2D eigenvalue weighted by Crippen LogP contribution is 2.26. The summed E-state index contributed by atoms with van der Waals surface area (Å²) in [5.74, 6) is -0.433. The molecule has 100 valence electrons. The minimum absolute atomic E-state index is 0.0934. The van der Waals surface area contributed by atoms with Crippen LogP contribution in [0.1, 0.15) is 0 Å². The standard InChI is InChI=1S/C12H12FN3O2S/c13-9-3-1-2-4-11(9)16-12-6-5-8(7-10(12)14)19(15,17)18/h1-7,16H,14H2,(H2,15,17,18). The van der Waals surface area contributed by atoms with Crippen LogP contribution < -0.4 is 16.2 Å². The van der Waals surface area contributed by atoms with E-state index in [4.69, 9.17) is 10.9 Å². The molecule has 2 aromatic carbocycles. The third kappa shape index (κ3) is 3.01. The topological polar surface area (TPSA) is 98.2 Å². The summed E-state index contributed by atoms with van der Waals surface area (Å²) < 4.78 is 35.8. The van der Waals surface area contributed by atoms with Crippen LogP contribution in [0.5, 0.6) is 0 Å². The van der Waals surface area contributed by atoms with Crippen molar-refractivity contribution in [1.29, 1.82) is 0 Å². The van der Waals surface area contributed by atoms with Gasteiger partial charge in [-0.2, -0.15) is 0 Å². The van der Waals surface area contributed by atoms with Gasteiger partial charge in [-0.25, -0.2) is 17.9 Å². The Labute approximate surface area is 110 Å². The fraction of sp³-hybridized carbons (Fsp3) is 0. The van der Waals surface area contributed by atoms with Gasteiger partial charge in [0, 0.05) is 0 Å². The van der Waals surface area contributed by atoms with E-state index in [1.807, 2.05) is 0 Å². The molecule has 0 heterocycles. The van der Waals surface area contributed by atoms with E-state index in [9.17, 15) is 12.8 Å². The Hall–Kier alpha value is -2.12. The van der Waals surface area contributed by atoms with Crippen molar-refractivity contribution >= 4 is 27.1 Å². The molecule has 0 radical (unpaired) electrons. The van der Waals surface area contributed by atoms with Crippen LogP contribution in [0, 0.1) is 5.82 Å². The summed E-state index contributed by atoms with van der Waals surface area (Å²) in [6.07, 6.45) is 0. The van der Waals surface area contributed by atoms with E-state index in [0.717, 1.165) is 0 Å². The molecule has 0 spiro atoms. The number of halogens is 1. The summed E-state index contributed by atoms with van der Waals surface area (Å²) in [5, 5.41) is 7.77. The lowest BCUT2D eigenvalue weighted by molar-refractivity contribution is 0.598. The van der Waals surface area contributed by atoms with Crippen LogP contribution in [-0.2, 0) is 10.0 Å². The van der Waals surface area contributed by atoms with Crippen LogP contribution in [-0.4, -0.2) is 8.42 Å². The molecule has 2 rings (SSSR count). The van der Waals surface area contributed by atoms with Crippen LogP contribution >= 0.6 is 0 Å². The number of rotatable bonds is 3. The van der Waals surface area contributed by atoms with Crippen molar-refractivity contribution < 1.29 is 12.8 Å². The van der Waals surface area contributed by atoms with Crippen LogP contribution in [0.25, 0.3) is 0 Å². The zero-order chi connectivity index (χ0) is 14.0. The maximum absolute atomic E-state index is 13.5. The summed E-state index contributed by atoms with van der Waals surface area (Å²) in [5.41, 5.74) is 6.52. The molecule has 0 fully saturated rings. The van der Waals surface area contributed by atoms with E-state index in [2.05, 4.69) is 5.32 Å². The van der Waals surface area contributed by atoms with E-state index in [-0.39, 0.29) is 16.3 Å². The number of primary sulfonamides is 1. The fourth-order valence-corrected chi connectivity index (χ4v) is 2.09. The number of para-hydroxylation sites is 1. The minimum atomic E-state index is -3.80. The van der Waals surface area contributed by atoms with Gasteiger partial charge in [-0.05, 0) is 30.3 Å². The molecular weight excluding hydrogens is 269 g/mol. The summed E-state index contributed by atoms with van der Waals surface area (Å²) in [4.78, 5) is -0.0934. The molecule has 5 nitrogen and oxygen atoms in total. The molecule has 0 bridgehead atoms. The number of anilines is 3. The largest absolute Gasteiger partial charge is 0.397 e. The minimum Gasteiger partial charge on any atom is -0.397 e. The first-order chi connectivity index (χ1) is 8.88. The Bertz CT molecular complexity index is 717. The normalized spacial score (nSPS) is 11.3. The highest BCUT2D eigenvalue weighted by atomic mass is 32.2. The Kier molecular flexibility index (Phi) is 3.41. The summed E-state index contributed by atoms with van der Waals surface area (Å²) >= 11 is 0. The van der Waals surface area contributed by atoms with Gasteiger partial charge in [0.05, 0.1) is 22.0 Å². The van der Waals surface area contributed by atoms with Crippen molar-refractivity contribution in [1.82, 2.24) is 0 Å². The van der Waals surface area contributed by atoms with Crippen molar-refractivity contribution in [3.8, 4) is 0 Å². The fourth-order valence-electron chi connectivity index (χ4n) is 1.54. The average Bonchev–Trinajstić information content (AvgIpc) is 2.33. The Balaban J connectivity index is 2.36. The highest BCUT2D eigenvalue weighted by Gasteiger charge is 2.10.